The Balaban J connectivity index is 1.32. The number of nitrogens with zero attached hydrogens (tertiary/aromatic N) is 1. The molecule has 6 unspecified atom stereocenters. The van der Waals surface area contributed by atoms with Gasteiger partial charge in [-0.15, -0.1) is 0 Å². The molecule has 3 aromatic carbocycles. The number of ketones is 2. The van der Waals surface area contributed by atoms with Gasteiger partial charge in [0.05, 0.1) is 23.9 Å². The lowest BCUT2D eigenvalue weighted by molar-refractivity contribution is -0.144. The third kappa shape index (κ3) is 4.96. The first-order valence-corrected chi connectivity index (χ1v) is 17.8. The molecule has 0 spiro atoms. The molecule has 3 aromatic rings. The van der Waals surface area contributed by atoms with Gasteiger partial charge in [0, 0.05) is 23.5 Å². The molecule has 3 fully saturated rings. The fourth-order valence-corrected chi connectivity index (χ4v) is 9.89. The van der Waals surface area contributed by atoms with Crippen LogP contribution in [0.15, 0.2) is 103 Å². The number of allylic oxidation sites excluding steroid dienone is 4. The van der Waals surface area contributed by atoms with Crippen LogP contribution in [0.5, 0.6) is 5.75 Å². The Labute approximate surface area is 286 Å². The van der Waals surface area contributed by atoms with Crippen LogP contribution in [0.3, 0.4) is 0 Å². The number of hydrogen-bond acceptors (Lipinski definition) is 6. The van der Waals surface area contributed by atoms with E-state index in [-0.39, 0.29) is 48.6 Å². The maximum Gasteiger partial charge on any atom is 0.233 e. The zero-order chi connectivity index (χ0) is 33.7. The maximum atomic E-state index is 15.1. The first-order valence-electron chi connectivity index (χ1n) is 17.8. The fraction of sp³-hybridized carbons (Fsp3) is 0.381. The van der Waals surface area contributed by atoms with Gasteiger partial charge in [0.2, 0.25) is 11.8 Å². The molecule has 0 radical (unpaired) electrons. The fourth-order valence-electron chi connectivity index (χ4n) is 9.89. The van der Waals surface area contributed by atoms with Crippen molar-refractivity contribution < 1.29 is 29.0 Å². The van der Waals surface area contributed by atoms with Crippen molar-refractivity contribution >= 4 is 29.0 Å². The molecule has 8 rings (SSSR count). The zero-order valence-electron chi connectivity index (χ0n) is 27.5. The van der Waals surface area contributed by atoms with E-state index in [0.717, 1.165) is 48.8 Å². The van der Waals surface area contributed by atoms with E-state index in [2.05, 4.69) is 6.08 Å². The molecular formula is C42H41NO6. The van der Waals surface area contributed by atoms with Gasteiger partial charge in [-0.1, -0.05) is 104 Å². The number of hydrogen-bond donors (Lipinski definition) is 1. The molecule has 1 heterocycles. The average Bonchev–Trinajstić information content (AvgIpc) is 3.41. The van der Waals surface area contributed by atoms with Crippen LogP contribution in [0.4, 0.5) is 0 Å². The van der Waals surface area contributed by atoms with E-state index in [1.807, 2.05) is 84.9 Å². The summed E-state index contributed by atoms with van der Waals surface area (Å²) in [6, 6.07) is 26.5. The summed E-state index contributed by atoms with van der Waals surface area (Å²) in [6.45, 7) is 0.0421. The van der Waals surface area contributed by atoms with Crippen LogP contribution in [-0.2, 0) is 24.6 Å². The van der Waals surface area contributed by atoms with Gasteiger partial charge in [-0.05, 0) is 66.5 Å². The second-order valence-electron chi connectivity index (χ2n) is 14.3. The standard InChI is InChI=1S/C42H41NO6/c44-22-23-49-30-18-16-27(17-19-30)38-31-20-21-32-37(41(48)43(40(32)47)29-14-8-3-9-15-29)34(31)24-35-39(46)33(26-10-4-1-5-11-26)25-36(45)42(35,38)28-12-6-2-7-13-28/h1-2,4-7,10-13,16-20,25,29,32,34-35,37-38,44H,3,8-9,14-15,21-24H2. The molecule has 250 valence electrons. The number of carbonyl (C=O) groups excluding carboxylic acids is 4. The number of likely N-dealkylation sites (tertiary alicyclic amines) is 1. The van der Waals surface area contributed by atoms with Gasteiger partial charge in [0.15, 0.2) is 11.6 Å². The first-order chi connectivity index (χ1) is 23.9. The molecule has 4 aliphatic carbocycles. The lowest BCUT2D eigenvalue weighted by Crippen LogP contribution is -2.58. The quantitative estimate of drug-likeness (QED) is 0.240. The van der Waals surface area contributed by atoms with Crippen molar-refractivity contribution in [1.82, 2.24) is 4.90 Å². The lowest BCUT2D eigenvalue weighted by atomic mass is 9.44. The van der Waals surface area contributed by atoms with E-state index in [4.69, 9.17) is 4.74 Å². The largest absolute Gasteiger partial charge is 0.491 e. The summed E-state index contributed by atoms with van der Waals surface area (Å²) in [7, 11) is 0. The normalized spacial score (nSPS) is 29.9. The van der Waals surface area contributed by atoms with Crippen molar-refractivity contribution in [2.24, 2.45) is 23.7 Å². The van der Waals surface area contributed by atoms with E-state index in [9.17, 15) is 14.7 Å². The first kappa shape index (κ1) is 31.6. The predicted molar refractivity (Wildman–Crippen MR) is 184 cm³/mol. The van der Waals surface area contributed by atoms with Gasteiger partial charge in [-0.2, -0.15) is 0 Å². The van der Waals surface area contributed by atoms with Crippen LogP contribution in [0, 0.1) is 23.7 Å². The Bertz CT molecular complexity index is 1840. The van der Waals surface area contributed by atoms with Crippen molar-refractivity contribution in [2.45, 2.75) is 62.3 Å². The Morgan fingerprint density at radius 3 is 2.18 bits per heavy atom. The Morgan fingerprint density at radius 2 is 1.49 bits per heavy atom. The Morgan fingerprint density at radius 1 is 0.796 bits per heavy atom. The highest BCUT2D eigenvalue weighted by atomic mass is 16.5. The molecule has 0 aromatic heterocycles. The van der Waals surface area contributed by atoms with Crippen molar-refractivity contribution in [3.8, 4) is 5.75 Å². The third-order valence-corrected chi connectivity index (χ3v) is 11.9. The minimum atomic E-state index is -1.26. The van der Waals surface area contributed by atoms with Gasteiger partial charge in [-0.25, -0.2) is 0 Å². The number of amides is 2. The van der Waals surface area contributed by atoms with E-state index >= 15 is 9.59 Å². The smallest absolute Gasteiger partial charge is 0.233 e. The van der Waals surface area contributed by atoms with Crippen LogP contribution < -0.4 is 4.74 Å². The number of rotatable bonds is 7. The molecule has 1 saturated heterocycles. The molecule has 7 nitrogen and oxygen atoms in total. The van der Waals surface area contributed by atoms with Crippen LogP contribution in [-0.4, -0.2) is 52.6 Å². The second kappa shape index (κ2) is 12.7. The highest BCUT2D eigenvalue weighted by molar-refractivity contribution is 6.31. The van der Waals surface area contributed by atoms with Crippen LogP contribution in [0.1, 0.15) is 67.6 Å². The van der Waals surface area contributed by atoms with Gasteiger partial charge in [-0.3, -0.25) is 24.1 Å². The number of imide groups is 1. The zero-order valence-corrected chi connectivity index (χ0v) is 27.5. The van der Waals surface area contributed by atoms with Crippen molar-refractivity contribution in [3.05, 3.63) is 119 Å². The molecule has 49 heavy (non-hydrogen) atoms. The number of carbonyl (C=O) groups is 4. The number of aliphatic hydroxyl groups excluding tert-OH is 1. The average molecular weight is 656 g/mol. The highest BCUT2D eigenvalue weighted by Crippen LogP contribution is 2.63. The predicted octanol–water partition coefficient (Wildman–Crippen LogP) is 6.21. The van der Waals surface area contributed by atoms with Gasteiger partial charge in [0.1, 0.15) is 12.4 Å². The summed E-state index contributed by atoms with van der Waals surface area (Å²) in [6.07, 6.45) is 9.24. The lowest BCUT2D eigenvalue weighted by Gasteiger charge is -2.55. The molecular weight excluding hydrogens is 614 g/mol. The third-order valence-electron chi connectivity index (χ3n) is 11.9. The Kier molecular flexibility index (Phi) is 8.19. The minimum absolute atomic E-state index is 0.0671. The number of fused-ring (bicyclic) bond motifs is 4. The summed E-state index contributed by atoms with van der Waals surface area (Å²) < 4.78 is 5.69. The van der Waals surface area contributed by atoms with Gasteiger partial charge < -0.3 is 9.84 Å². The van der Waals surface area contributed by atoms with Crippen LogP contribution in [0.25, 0.3) is 5.57 Å². The highest BCUT2D eigenvalue weighted by Gasteiger charge is 2.66. The van der Waals surface area contributed by atoms with Crippen molar-refractivity contribution in [3.63, 3.8) is 0 Å². The monoisotopic (exact) mass is 655 g/mol. The minimum Gasteiger partial charge on any atom is -0.491 e. The van der Waals surface area contributed by atoms with Gasteiger partial charge in [0.25, 0.3) is 0 Å². The molecule has 7 heteroatoms. The molecule has 2 amide bonds. The van der Waals surface area contributed by atoms with Crippen LogP contribution >= 0.6 is 0 Å². The summed E-state index contributed by atoms with van der Waals surface area (Å²) in [5.41, 5.74) is 2.42. The Hall–Kier alpha value is -4.62. The number of benzene rings is 3. The summed E-state index contributed by atoms with van der Waals surface area (Å²) in [5.74, 6) is -2.53. The molecule has 6 atom stereocenters. The van der Waals surface area contributed by atoms with Crippen molar-refractivity contribution in [1.29, 1.82) is 0 Å². The number of ether oxygens (including phenoxy) is 1. The molecule has 5 aliphatic rings. The molecule has 0 bridgehead atoms. The van der Waals surface area contributed by atoms with E-state index in [1.165, 1.54) is 0 Å². The maximum absolute atomic E-state index is 15.1. The van der Waals surface area contributed by atoms with Crippen LogP contribution in [0.2, 0.25) is 0 Å². The SMILES string of the molecule is O=C1C(c2ccccc2)=CC(=O)C2(c3ccccc3)C1CC1C(=CCC3C(=O)N(C4CCCCC4)C(=O)C31)C2c1ccc(OCCO)cc1. The summed E-state index contributed by atoms with van der Waals surface area (Å²) >= 11 is 0. The molecule has 2 saturated carbocycles. The van der Waals surface area contributed by atoms with Crippen molar-refractivity contribution in [2.75, 3.05) is 13.2 Å². The van der Waals surface area contributed by atoms with E-state index in [1.54, 1.807) is 11.0 Å². The number of aliphatic hydroxyl groups is 1. The second-order valence-corrected chi connectivity index (χ2v) is 14.3. The number of Topliss-reactive ketones (excluding diaryl/α,β-unsaturated/α-hetero) is 1. The topological polar surface area (TPSA) is 101 Å². The van der Waals surface area contributed by atoms with Gasteiger partial charge >= 0.3 is 0 Å². The molecule has 1 aliphatic heterocycles. The molecule has 1 N–H and O–H groups in total. The summed E-state index contributed by atoms with van der Waals surface area (Å²) in [4.78, 5) is 60.3. The summed E-state index contributed by atoms with van der Waals surface area (Å²) in [5, 5.41) is 9.32. The van der Waals surface area contributed by atoms with E-state index < -0.39 is 29.1 Å². The van der Waals surface area contributed by atoms with E-state index in [0.29, 0.717) is 29.7 Å².